The molecule has 4 heteroatoms. The number of pyridine rings is 1. The Bertz CT molecular complexity index is 478. The van der Waals surface area contributed by atoms with E-state index in [0.29, 0.717) is 13.1 Å². The normalized spacial score (nSPS) is 10.7. The number of nitrogens with zero attached hydrogens (tertiary/aromatic N) is 2. The largest absolute Gasteiger partial charge is 0.354 e. The number of hydrogen-bond donors (Lipinski definition) is 2. The number of benzene rings is 1. The van der Waals surface area contributed by atoms with Crippen LogP contribution >= 0.6 is 0 Å². The van der Waals surface area contributed by atoms with Gasteiger partial charge in [-0.25, -0.2) is 4.98 Å². The first kappa shape index (κ1) is 11.8. The molecule has 0 aliphatic carbocycles. The van der Waals surface area contributed by atoms with Crippen molar-refractivity contribution in [1.82, 2.24) is 4.98 Å². The number of para-hydroxylation sites is 1. The molecule has 0 aliphatic rings. The second-order valence-corrected chi connectivity index (χ2v) is 3.93. The van der Waals surface area contributed by atoms with E-state index in [2.05, 4.69) is 22.0 Å². The summed E-state index contributed by atoms with van der Waals surface area (Å²) in [6.07, 6.45) is 0. The molecule has 0 spiro atoms. The molecule has 17 heavy (non-hydrogen) atoms. The Balaban J connectivity index is 2.32. The van der Waals surface area contributed by atoms with Crippen molar-refractivity contribution in [2.24, 2.45) is 11.5 Å². The van der Waals surface area contributed by atoms with Crippen molar-refractivity contribution in [3.8, 4) is 0 Å². The van der Waals surface area contributed by atoms with Crippen LogP contribution in [0.4, 0.5) is 5.82 Å². The van der Waals surface area contributed by atoms with Crippen LogP contribution in [0.15, 0.2) is 36.4 Å². The van der Waals surface area contributed by atoms with Gasteiger partial charge in [-0.2, -0.15) is 0 Å². The highest BCUT2D eigenvalue weighted by atomic mass is 15.2. The molecular weight excluding hydrogens is 212 g/mol. The highest BCUT2D eigenvalue weighted by Gasteiger charge is 2.06. The van der Waals surface area contributed by atoms with E-state index in [1.54, 1.807) is 0 Å². The second kappa shape index (κ2) is 5.61. The standard InChI is InChI=1S/C13H18N4/c14-7-9-17(10-8-15)13-6-5-11-3-1-2-4-12(11)16-13/h1-6H,7-10,14-15H2. The van der Waals surface area contributed by atoms with Gasteiger partial charge >= 0.3 is 0 Å². The predicted octanol–water partition coefficient (Wildman–Crippen LogP) is 0.959. The molecule has 0 radical (unpaired) electrons. The molecule has 0 unspecified atom stereocenters. The molecule has 0 amide bonds. The van der Waals surface area contributed by atoms with E-state index in [0.717, 1.165) is 29.8 Å². The van der Waals surface area contributed by atoms with Crippen LogP contribution < -0.4 is 16.4 Å². The summed E-state index contributed by atoms with van der Waals surface area (Å²) >= 11 is 0. The maximum atomic E-state index is 5.60. The van der Waals surface area contributed by atoms with Crippen LogP contribution in [0.3, 0.4) is 0 Å². The quantitative estimate of drug-likeness (QED) is 0.802. The average molecular weight is 230 g/mol. The first-order valence-electron chi connectivity index (χ1n) is 5.86. The van der Waals surface area contributed by atoms with Crippen LogP contribution in [0.1, 0.15) is 0 Å². The molecule has 4 N–H and O–H groups in total. The van der Waals surface area contributed by atoms with Crippen molar-refractivity contribution < 1.29 is 0 Å². The second-order valence-electron chi connectivity index (χ2n) is 3.93. The van der Waals surface area contributed by atoms with Gasteiger partial charge in [0.2, 0.25) is 0 Å². The summed E-state index contributed by atoms with van der Waals surface area (Å²) in [5.41, 5.74) is 12.2. The summed E-state index contributed by atoms with van der Waals surface area (Å²) in [7, 11) is 0. The Hall–Kier alpha value is -1.65. The van der Waals surface area contributed by atoms with Gasteiger partial charge in [-0.1, -0.05) is 18.2 Å². The number of anilines is 1. The van der Waals surface area contributed by atoms with Gasteiger partial charge in [0, 0.05) is 31.6 Å². The fraction of sp³-hybridized carbons (Fsp3) is 0.308. The van der Waals surface area contributed by atoms with E-state index < -0.39 is 0 Å². The van der Waals surface area contributed by atoms with Gasteiger partial charge in [0.15, 0.2) is 0 Å². The Morgan fingerprint density at radius 1 is 0.941 bits per heavy atom. The van der Waals surface area contributed by atoms with Crippen molar-refractivity contribution in [1.29, 1.82) is 0 Å². The van der Waals surface area contributed by atoms with Crippen molar-refractivity contribution in [3.05, 3.63) is 36.4 Å². The minimum Gasteiger partial charge on any atom is -0.354 e. The minimum atomic E-state index is 0.606. The van der Waals surface area contributed by atoms with Gasteiger partial charge in [0.05, 0.1) is 5.52 Å². The molecule has 0 aliphatic heterocycles. The highest BCUT2D eigenvalue weighted by Crippen LogP contribution is 2.17. The molecule has 0 saturated heterocycles. The zero-order valence-corrected chi connectivity index (χ0v) is 9.84. The molecule has 0 atom stereocenters. The van der Waals surface area contributed by atoms with Gasteiger partial charge in [-0.3, -0.25) is 0 Å². The van der Waals surface area contributed by atoms with Crippen LogP contribution in [0.5, 0.6) is 0 Å². The van der Waals surface area contributed by atoms with E-state index in [4.69, 9.17) is 11.5 Å². The lowest BCUT2D eigenvalue weighted by molar-refractivity contribution is 0.772. The molecular formula is C13H18N4. The Labute approximate surface area is 101 Å². The summed E-state index contributed by atoms with van der Waals surface area (Å²) in [6, 6.07) is 12.2. The highest BCUT2D eigenvalue weighted by molar-refractivity contribution is 5.80. The number of fused-ring (bicyclic) bond motifs is 1. The van der Waals surface area contributed by atoms with Crippen LogP contribution in [-0.2, 0) is 0 Å². The number of nitrogens with two attached hydrogens (primary N) is 2. The van der Waals surface area contributed by atoms with Gasteiger partial charge in [-0.05, 0) is 18.2 Å². The van der Waals surface area contributed by atoms with E-state index in [9.17, 15) is 0 Å². The number of aromatic nitrogens is 1. The maximum Gasteiger partial charge on any atom is 0.129 e. The monoisotopic (exact) mass is 230 g/mol. The predicted molar refractivity (Wildman–Crippen MR) is 72.1 cm³/mol. The molecule has 90 valence electrons. The number of rotatable bonds is 5. The lowest BCUT2D eigenvalue weighted by Crippen LogP contribution is -2.34. The molecule has 2 rings (SSSR count). The van der Waals surface area contributed by atoms with Gasteiger partial charge in [0.25, 0.3) is 0 Å². The molecule has 2 aromatic rings. The summed E-state index contributed by atoms with van der Waals surface area (Å²) < 4.78 is 0. The average Bonchev–Trinajstić information content (AvgIpc) is 2.38. The van der Waals surface area contributed by atoms with Crippen molar-refractivity contribution in [3.63, 3.8) is 0 Å². The zero-order valence-electron chi connectivity index (χ0n) is 9.84. The van der Waals surface area contributed by atoms with Crippen molar-refractivity contribution in [2.75, 3.05) is 31.1 Å². The Kier molecular flexibility index (Phi) is 3.90. The van der Waals surface area contributed by atoms with Crippen molar-refractivity contribution in [2.45, 2.75) is 0 Å². The first-order chi connectivity index (χ1) is 8.35. The lowest BCUT2D eigenvalue weighted by atomic mass is 10.2. The van der Waals surface area contributed by atoms with E-state index in [-0.39, 0.29) is 0 Å². The van der Waals surface area contributed by atoms with Crippen LogP contribution in [0, 0.1) is 0 Å². The molecule has 4 nitrogen and oxygen atoms in total. The van der Waals surface area contributed by atoms with Crippen LogP contribution in [-0.4, -0.2) is 31.2 Å². The lowest BCUT2D eigenvalue weighted by Gasteiger charge is -2.22. The van der Waals surface area contributed by atoms with Gasteiger partial charge in [-0.15, -0.1) is 0 Å². The van der Waals surface area contributed by atoms with Crippen LogP contribution in [0.25, 0.3) is 10.9 Å². The third-order valence-electron chi connectivity index (χ3n) is 2.71. The fourth-order valence-corrected chi connectivity index (χ4v) is 1.88. The van der Waals surface area contributed by atoms with E-state index in [1.165, 1.54) is 0 Å². The minimum absolute atomic E-state index is 0.606. The Morgan fingerprint density at radius 3 is 2.35 bits per heavy atom. The topological polar surface area (TPSA) is 68.2 Å². The van der Waals surface area contributed by atoms with E-state index >= 15 is 0 Å². The zero-order chi connectivity index (χ0) is 12.1. The smallest absolute Gasteiger partial charge is 0.129 e. The van der Waals surface area contributed by atoms with E-state index in [1.807, 2.05) is 24.3 Å². The fourth-order valence-electron chi connectivity index (χ4n) is 1.88. The van der Waals surface area contributed by atoms with Crippen molar-refractivity contribution >= 4 is 16.7 Å². The third-order valence-corrected chi connectivity index (χ3v) is 2.71. The molecule has 0 bridgehead atoms. The Morgan fingerprint density at radius 2 is 1.65 bits per heavy atom. The first-order valence-corrected chi connectivity index (χ1v) is 5.86. The van der Waals surface area contributed by atoms with Gasteiger partial charge in [0.1, 0.15) is 5.82 Å². The van der Waals surface area contributed by atoms with Crippen LogP contribution in [0.2, 0.25) is 0 Å². The molecule has 1 aromatic carbocycles. The molecule has 0 saturated carbocycles. The molecule has 1 heterocycles. The maximum absolute atomic E-state index is 5.60. The third kappa shape index (κ3) is 2.72. The van der Waals surface area contributed by atoms with Gasteiger partial charge < -0.3 is 16.4 Å². The molecule has 1 aromatic heterocycles. The summed E-state index contributed by atoms with van der Waals surface area (Å²) in [5.74, 6) is 0.944. The molecule has 0 fully saturated rings. The summed E-state index contributed by atoms with van der Waals surface area (Å²) in [4.78, 5) is 6.75. The SMILES string of the molecule is NCCN(CCN)c1ccc2ccccc2n1. The summed E-state index contributed by atoms with van der Waals surface area (Å²) in [6.45, 7) is 2.77. The summed E-state index contributed by atoms with van der Waals surface area (Å²) in [5, 5.41) is 1.15. The number of hydrogen-bond acceptors (Lipinski definition) is 4.